The largest absolute Gasteiger partial charge is 0.496 e. The number of likely N-dealkylation sites (N-methyl/N-ethyl adjacent to an activating group) is 1. The summed E-state index contributed by atoms with van der Waals surface area (Å²) in [5, 5.41) is 8.35. The molecule has 0 saturated carbocycles. The zero-order valence-electron chi connectivity index (χ0n) is 17.9. The van der Waals surface area contributed by atoms with Gasteiger partial charge in [0.1, 0.15) is 23.6 Å². The minimum absolute atomic E-state index is 0.0835. The minimum atomic E-state index is -0.281. The van der Waals surface area contributed by atoms with Gasteiger partial charge in [0.25, 0.3) is 5.56 Å². The van der Waals surface area contributed by atoms with Crippen LogP contribution in [0.4, 0.5) is 0 Å². The summed E-state index contributed by atoms with van der Waals surface area (Å²) in [7, 11) is 1.61. The lowest BCUT2D eigenvalue weighted by Gasteiger charge is -2.22. The van der Waals surface area contributed by atoms with E-state index in [0.717, 1.165) is 42.7 Å². The van der Waals surface area contributed by atoms with E-state index in [2.05, 4.69) is 22.2 Å². The average molecular weight is 412 g/mol. The van der Waals surface area contributed by atoms with Crippen molar-refractivity contribution in [3.8, 4) is 5.75 Å². The molecule has 1 N–H and O–H groups in total. The number of likely N-dealkylation sites (tertiary alicyclic amines) is 1. The molecule has 0 radical (unpaired) electrons. The van der Waals surface area contributed by atoms with Gasteiger partial charge in [-0.05, 0) is 44.1 Å². The maximum atomic E-state index is 13.1. The van der Waals surface area contributed by atoms with Crippen LogP contribution in [0.15, 0.2) is 29.1 Å². The Morgan fingerprint density at radius 2 is 2.13 bits per heavy atom. The molecule has 1 atom stereocenters. The number of amides is 1. The Kier molecular flexibility index (Phi) is 5.76. The smallest absolute Gasteiger partial charge is 0.291 e. The first-order chi connectivity index (χ1) is 14.6. The molecule has 0 aliphatic carbocycles. The van der Waals surface area contributed by atoms with Crippen molar-refractivity contribution in [1.82, 2.24) is 24.4 Å². The highest BCUT2D eigenvalue weighted by atomic mass is 16.5. The van der Waals surface area contributed by atoms with Crippen LogP contribution in [0.3, 0.4) is 0 Å². The van der Waals surface area contributed by atoms with Crippen molar-refractivity contribution in [3.05, 3.63) is 40.4 Å². The third-order valence-corrected chi connectivity index (χ3v) is 6.02. The summed E-state index contributed by atoms with van der Waals surface area (Å²) >= 11 is 0. The van der Waals surface area contributed by atoms with E-state index in [9.17, 15) is 9.59 Å². The molecule has 1 saturated heterocycles. The summed E-state index contributed by atoms with van der Waals surface area (Å²) in [6, 6.07) is 7.91. The van der Waals surface area contributed by atoms with Gasteiger partial charge in [-0.25, -0.2) is 4.68 Å². The number of carbonyl (C=O) groups excluding carboxylic acids is 1. The highest BCUT2D eigenvalue weighted by Gasteiger charge is 2.23. The highest BCUT2D eigenvalue weighted by Crippen LogP contribution is 2.28. The fourth-order valence-corrected chi connectivity index (χ4v) is 4.48. The van der Waals surface area contributed by atoms with Gasteiger partial charge in [0.05, 0.1) is 12.6 Å². The SMILES string of the molecule is CCc1nn(CC(=O)NCC2CCCN2CC)c(=O)c2cc3c(OC)cccc3n12. The van der Waals surface area contributed by atoms with Crippen LogP contribution >= 0.6 is 0 Å². The predicted octanol–water partition coefficient (Wildman–Crippen LogP) is 1.82. The van der Waals surface area contributed by atoms with Crippen LogP contribution < -0.4 is 15.6 Å². The second-order valence-corrected chi connectivity index (χ2v) is 7.72. The maximum absolute atomic E-state index is 13.1. The Morgan fingerprint density at radius 3 is 2.87 bits per heavy atom. The summed E-state index contributed by atoms with van der Waals surface area (Å²) in [6.07, 6.45) is 2.89. The zero-order chi connectivity index (χ0) is 21.3. The Labute approximate surface area is 175 Å². The van der Waals surface area contributed by atoms with Gasteiger partial charge in [0.15, 0.2) is 0 Å². The maximum Gasteiger partial charge on any atom is 0.291 e. The molecule has 1 aliphatic rings. The first-order valence-corrected chi connectivity index (χ1v) is 10.7. The quantitative estimate of drug-likeness (QED) is 0.642. The van der Waals surface area contributed by atoms with Gasteiger partial charge in [-0.15, -0.1) is 0 Å². The second-order valence-electron chi connectivity index (χ2n) is 7.72. The van der Waals surface area contributed by atoms with Crippen molar-refractivity contribution in [1.29, 1.82) is 0 Å². The lowest BCUT2D eigenvalue weighted by atomic mass is 10.2. The average Bonchev–Trinajstić information content (AvgIpc) is 3.38. The number of hydrogen-bond acceptors (Lipinski definition) is 5. The Bertz CT molecular complexity index is 1130. The number of benzene rings is 1. The monoisotopic (exact) mass is 411 g/mol. The summed E-state index contributed by atoms with van der Waals surface area (Å²) in [5.41, 5.74) is 1.10. The molecule has 8 nitrogen and oxygen atoms in total. The fraction of sp³-hybridized carbons (Fsp3) is 0.500. The first-order valence-electron chi connectivity index (χ1n) is 10.7. The van der Waals surface area contributed by atoms with E-state index >= 15 is 0 Å². The van der Waals surface area contributed by atoms with E-state index in [4.69, 9.17) is 4.74 Å². The zero-order valence-corrected chi connectivity index (χ0v) is 17.9. The fourth-order valence-electron chi connectivity index (χ4n) is 4.48. The molecule has 1 amide bonds. The standard InChI is InChI=1S/C22H29N5O3/c1-4-20-24-26(14-21(28)23-13-15-8-7-11-25(15)5-2)22(29)18-12-16-17(27(18)20)9-6-10-19(16)30-3/h6,9-10,12,15H,4-5,7-8,11,13-14H2,1-3H3,(H,23,28). The normalized spacial score (nSPS) is 17.1. The summed E-state index contributed by atoms with van der Waals surface area (Å²) in [5.74, 6) is 1.25. The van der Waals surface area contributed by atoms with Gasteiger partial charge in [-0.2, -0.15) is 5.10 Å². The molecule has 0 spiro atoms. The van der Waals surface area contributed by atoms with Crippen molar-refractivity contribution < 1.29 is 9.53 Å². The van der Waals surface area contributed by atoms with E-state index in [-0.39, 0.29) is 18.0 Å². The van der Waals surface area contributed by atoms with Crippen LogP contribution in [0, 0.1) is 0 Å². The van der Waals surface area contributed by atoms with Gasteiger partial charge in [-0.3, -0.25) is 18.9 Å². The van der Waals surface area contributed by atoms with Crippen molar-refractivity contribution >= 4 is 22.3 Å². The molecule has 1 unspecified atom stereocenters. The summed E-state index contributed by atoms with van der Waals surface area (Å²) < 4.78 is 8.60. The molecule has 1 aliphatic heterocycles. The third kappa shape index (κ3) is 3.56. The number of hydrogen-bond donors (Lipinski definition) is 1. The van der Waals surface area contributed by atoms with Crippen LogP contribution in [-0.4, -0.2) is 57.8 Å². The number of aryl methyl sites for hydroxylation is 1. The molecular formula is C22H29N5O3. The molecule has 3 aromatic rings. The van der Waals surface area contributed by atoms with Gasteiger partial charge in [-0.1, -0.05) is 19.9 Å². The molecule has 2 aromatic heterocycles. The number of ether oxygens (including phenoxy) is 1. The van der Waals surface area contributed by atoms with Gasteiger partial charge in [0.2, 0.25) is 5.91 Å². The van der Waals surface area contributed by atoms with Crippen LogP contribution in [0.2, 0.25) is 0 Å². The highest BCUT2D eigenvalue weighted by molar-refractivity contribution is 5.92. The number of fused-ring (bicyclic) bond motifs is 3. The molecule has 0 bridgehead atoms. The molecule has 160 valence electrons. The Balaban J connectivity index is 1.63. The van der Waals surface area contributed by atoms with Gasteiger partial charge in [0, 0.05) is 24.4 Å². The predicted molar refractivity (Wildman–Crippen MR) is 116 cm³/mol. The van der Waals surface area contributed by atoms with E-state index < -0.39 is 0 Å². The van der Waals surface area contributed by atoms with Crippen molar-refractivity contribution in [3.63, 3.8) is 0 Å². The number of nitrogens with one attached hydrogen (secondary N) is 1. The summed E-state index contributed by atoms with van der Waals surface area (Å²) in [4.78, 5) is 28.1. The van der Waals surface area contributed by atoms with E-state index in [1.807, 2.05) is 35.6 Å². The van der Waals surface area contributed by atoms with Crippen molar-refractivity contribution in [2.75, 3.05) is 26.7 Å². The Morgan fingerprint density at radius 1 is 1.30 bits per heavy atom. The van der Waals surface area contributed by atoms with Crippen LogP contribution in [0.5, 0.6) is 5.75 Å². The summed E-state index contributed by atoms with van der Waals surface area (Å²) in [6.45, 7) is 6.73. The third-order valence-electron chi connectivity index (χ3n) is 6.02. The number of methoxy groups -OCH3 is 1. The minimum Gasteiger partial charge on any atom is -0.496 e. The molecular weight excluding hydrogens is 382 g/mol. The van der Waals surface area contributed by atoms with Crippen LogP contribution in [-0.2, 0) is 17.8 Å². The number of nitrogens with zero attached hydrogens (tertiary/aromatic N) is 4. The van der Waals surface area contributed by atoms with Crippen LogP contribution in [0.1, 0.15) is 32.5 Å². The Hall–Kier alpha value is -2.87. The van der Waals surface area contributed by atoms with E-state index in [0.29, 0.717) is 30.3 Å². The van der Waals surface area contributed by atoms with E-state index in [1.165, 1.54) is 4.68 Å². The van der Waals surface area contributed by atoms with Crippen molar-refractivity contribution in [2.45, 2.75) is 45.7 Å². The molecule has 30 heavy (non-hydrogen) atoms. The molecule has 3 heterocycles. The lowest BCUT2D eigenvalue weighted by molar-refractivity contribution is -0.122. The molecule has 1 aromatic carbocycles. The number of aromatic nitrogens is 3. The molecule has 4 rings (SSSR count). The van der Waals surface area contributed by atoms with Crippen LogP contribution in [0.25, 0.3) is 16.4 Å². The molecule has 8 heteroatoms. The number of carbonyl (C=O) groups is 1. The second kappa shape index (κ2) is 8.47. The topological polar surface area (TPSA) is 80.9 Å². The number of rotatable bonds is 7. The van der Waals surface area contributed by atoms with E-state index in [1.54, 1.807) is 7.11 Å². The lowest BCUT2D eigenvalue weighted by Crippen LogP contribution is -2.42. The first kappa shape index (κ1) is 20.4. The molecule has 1 fully saturated rings. The van der Waals surface area contributed by atoms with Gasteiger partial charge < -0.3 is 10.1 Å². The van der Waals surface area contributed by atoms with Gasteiger partial charge >= 0.3 is 0 Å². The van der Waals surface area contributed by atoms with Crippen molar-refractivity contribution in [2.24, 2.45) is 0 Å².